The SMILES string of the molecule is CN1CC[C@@H](OCc2ccccc2)[C@H](O)[C@H]1CO. The van der Waals surface area contributed by atoms with Crippen molar-refractivity contribution in [1.29, 1.82) is 0 Å². The third-order valence-corrected chi connectivity index (χ3v) is 3.60. The molecule has 3 atom stereocenters. The number of nitrogens with zero attached hydrogens (tertiary/aromatic N) is 1. The first kappa shape index (κ1) is 13.5. The summed E-state index contributed by atoms with van der Waals surface area (Å²) in [6.07, 6.45) is -0.0305. The average Bonchev–Trinajstić information content (AvgIpc) is 2.40. The van der Waals surface area contributed by atoms with Gasteiger partial charge in [-0.3, -0.25) is 4.90 Å². The van der Waals surface area contributed by atoms with Gasteiger partial charge in [0.15, 0.2) is 0 Å². The minimum atomic E-state index is -0.627. The molecule has 1 heterocycles. The van der Waals surface area contributed by atoms with Crippen molar-refractivity contribution in [1.82, 2.24) is 4.90 Å². The number of piperidine rings is 1. The van der Waals surface area contributed by atoms with Gasteiger partial charge in [0.05, 0.1) is 31.5 Å². The summed E-state index contributed by atoms with van der Waals surface area (Å²) < 4.78 is 5.77. The second-order valence-electron chi connectivity index (χ2n) is 4.84. The zero-order chi connectivity index (χ0) is 13.0. The average molecular weight is 251 g/mol. The zero-order valence-electron chi connectivity index (χ0n) is 10.7. The van der Waals surface area contributed by atoms with Gasteiger partial charge in [-0.1, -0.05) is 30.3 Å². The Hall–Kier alpha value is -0.940. The Morgan fingerprint density at radius 3 is 2.72 bits per heavy atom. The fourth-order valence-electron chi connectivity index (χ4n) is 2.38. The molecule has 0 aliphatic carbocycles. The Balaban J connectivity index is 1.90. The fraction of sp³-hybridized carbons (Fsp3) is 0.571. The van der Waals surface area contributed by atoms with Crippen molar-refractivity contribution >= 4 is 0 Å². The Bertz CT molecular complexity index is 357. The summed E-state index contributed by atoms with van der Waals surface area (Å²) in [5, 5.41) is 19.4. The molecule has 4 nitrogen and oxygen atoms in total. The van der Waals surface area contributed by atoms with Gasteiger partial charge in [-0.05, 0) is 19.0 Å². The number of aliphatic hydroxyl groups excluding tert-OH is 2. The van der Waals surface area contributed by atoms with E-state index in [1.165, 1.54) is 0 Å². The van der Waals surface area contributed by atoms with Gasteiger partial charge in [0, 0.05) is 6.54 Å². The molecule has 0 spiro atoms. The van der Waals surface area contributed by atoms with E-state index in [0.717, 1.165) is 18.5 Å². The molecule has 4 heteroatoms. The lowest BCUT2D eigenvalue weighted by molar-refractivity contribution is -0.116. The summed E-state index contributed by atoms with van der Waals surface area (Å²) >= 11 is 0. The monoisotopic (exact) mass is 251 g/mol. The van der Waals surface area contributed by atoms with Gasteiger partial charge < -0.3 is 14.9 Å². The Kier molecular flexibility index (Phi) is 4.72. The van der Waals surface area contributed by atoms with Crippen molar-refractivity contribution in [2.75, 3.05) is 20.2 Å². The molecule has 0 amide bonds. The molecular weight excluding hydrogens is 230 g/mol. The summed E-state index contributed by atoms with van der Waals surface area (Å²) in [7, 11) is 1.91. The number of rotatable bonds is 4. The molecule has 1 aliphatic rings. The van der Waals surface area contributed by atoms with Crippen molar-refractivity contribution in [3.63, 3.8) is 0 Å². The number of aliphatic hydroxyl groups is 2. The molecule has 18 heavy (non-hydrogen) atoms. The molecule has 1 aromatic rings. The first-order valence-electron chi connectivity index (χ1n) is 6.37. The van der Waals surface area contributed by atoms with Crippen molar-refractivity contribution in [3.05, 3.63) is 35.9 Å². The molecule has 1 saturated heterocycles. The van der Waals surface area contributed by atoms with Crippen molar-refractivity contribution in [2.45, 2.75) is 31.3 Å². The van der Waals surface area contributed by atoms with E-state index in [1.54, 1.807) is 0 Å². The predicted octanol–water partition coefficient (Wildman–Crippen LogP) is 0.629. The minimum Gasteiger partial charge on any atom is -0.395 e. The van der Waals surface area contributed by atoms with Crippen LogP contribution in [0.25, 0.3) is 0 Å². The maximum Gasteiger partial charge on any atom is 0.0979 e. The van der Waals surface area contributed by atoms with E-state index in [4.69, 9.17) is 4.74 Å². The molecule has 0 bridgehead atoms. The van der Waals surface area contributed by atoms with Gasteiger partial charge in [0.2, 0.25) is 0 Å². The van der Waals surface area contributed by atoms with Crippen LogP contribution < -0.4 is 0 Å². The number of likely N-dealkylation sites (N-methyl/N-ethyl adjacent to an activating group) is 1. The van der Waals surface area contributed by atoms with Crippen LogP contribution in [0.5, 0.6) is 0 Å². The van der Waals surface area contributed by atoms with Crippen LogP contribution in [-0.4, -0.2) is 53.6 Å². The van der Waals surface area contributed by atoms with E-state index in [9.17, 15) is 10.2 Å². The third kappa shape index (κ3) is 3.09. The Labute approximate surface area is 108 Å². The number of benzene rings is 1. The van der Waals surface area contributed by atoms with Crippen LogP contribution >= 0.6 is 0 Å². The quantitative estimate of drug-likeness (QED) is 0.824. The van der Waals surface area contributed by atoms with Crippen molar-refractivity contribution in [3.8, 4) is 0 Å². The largest absolute Gasteiger partial charge is 0.395 e. The molecule has 0 aromatic heterocycles. The highest BCUT2D eigenvalue weighted by molar-refractivity contribution is 5.13. The molecule has 2 rings (SSSR count). The van der Waals surface area contributed by atoms with E-state index >= 15 is 0 Å². The summed E-state index contributed by atoms with van der Waals surface area (Å²) in [5.74, 6) is 0. The Morgan fingerprint density at radius 2 is 2.06 bits per heavy atom. The molecule has 0 unspecified atom stereocenters. The lowest BCUT2D eigenvalue weighted by Gasteiger charge is -2.40. The van der Waals surface area contributed by atoms with Gasteiger partial charge in [0.1, 0.15) is 0 Å². The molecule has 0 radical (unpaired) electrons. The predicted molar refractivity (Wildman–Crippen MR) is 69.1 cm³/mol. The molecule has 1 fully saturated rings. The van der Waals surface area contributed by atoms with Crippen LogP contribution in [-0.2, 0) is 11.3 Å². The van der Waals surface area contributed by atoms with Gasteiger partial charge >= 0.3 is 0 Å². The topological polar surface area (TPSA) is 52.9 Å². The summed E-state index contributed by atoms with van der Waals surface area (Å²) in [6, 6.07) is 9.70. The molecule has 0 saturated carbocycles. The number of hydrogen-bond acceptors (Lipinski definition) is 4. The highest BCUT2D eigenvalue weighted by Crippen LogP contribution is 2.20. The highest BCUT2D eigenvalue weighted by atomic mass is 16.5. The van der Waals surface area contributed by atoms with Crippen LogP contribution in [0.1, 0.15) is 12.0 Å². The molecule has 1 aliphatic heterocycles. The van der Waals surface area contributed by atoms with Gasteiger partial charge in [-0.2, -0.15) is 0 Å². The second kappa shape index (κ2) is 6.29. The third-order valence-electron chi connectivity index (χ3n) is 3.60. The number of ether oxygens (including phenoxy) is 1. The summed E-state index contributed by atoms with van der Waals surface area (Å²) in [4.78, 5) is 1.98. The first-order valence-corrected chi connectivity index (χ1v) is 6.37. The number of likely N-dealkylation sites (tertiary alicyclic amines) is 1. The normalized spacial score (nSPS) is 29.4. The maximum atomic E-state index is 10.2. The molecule has 2 N–H and O–H groups in total. The van der Waals surface area contributed by atoms with Crippen LogP contribution in [0.4, 0.5) is 0 Å². The van der Waals surface area contributed by atoms with E-state index in [2.05, 4.69) is 0 Å². The lowest BCUT2D eigenvalue weighted by Crippen LogP contribution is -2.55. The molecular formula is C14H21NO3. The Morgan fingerprint density at radius 1 is 1.33 bits per heavy atom. The van der Waals surface area contributed by atoms with Crippen LogP contribution in [0.2, 0.25) is 0 Å². The lowest BCUT2D eigenvalue weighted by atomic mass is 9.97. The van der Waals surface area contributed by atoms with Crippen LogP contribution in [0.15, 0.2) is 30.3 Å². The summed E-state index contributed by atoms with van der Waals surface area (Å²) in [5.41, 5.74) is 1.10. The fourth-order valence-corrected chi connectivity index (χ4v) is 2.38. The standard InChI is InChI=1S/C14H21NO3/c1-15-8-7-13(14(17)12(15)9-16)18-10-11-5-3-2-4-6-11/h2-6,12-14,16-17H,7-10H2,1H3/t12-,13-,14-/m1/s1. The van der Waals surface area contributed by atoms with E-state index in [-0.39, 0.29) is 18.8 Å². The van der Waals surface area contributed by atoms with Gasteiger partial charge in [0.25, 0.3) is 0 Å². The van der Waals surface area contributed by atoms with E-state index in [1.807, 2.05) is 42.3 Å². The first-order chi connectivity index (χ1) is 8.72. The van der Waals surface area contributed by atoms with Crippen molar-refractivity contribution < 1.29 is 14.9 Å². The van der Waals surface area contributed by atoms with Gasteiger partial charge in [-0.25, -0.2) is 0 Å². The molecule has 100 valence electrons. The van der Waals surface area contributed by atoms with Gasteiger partial charge in [-0.15, -0.1) is 0 Å². The number of hydrogen-bond donors (Lipinski definition) is 2. The van der Waals surface area contributed by atoms with Crippen LogP contribution in [0.3, 0.4) is 0 Å². The zero-order valence-corrected chi connectivity index (χ0v) is 10.7. The van der Waals surface area contributed by atoms with E-state index < -0.39 is 6.10 Å². The van der Waals surface area contributed by atoms with Crippen LogP contribution in [0, 0.1) is 0 Å². The van der Waals surface area contributed by atoms with E-state index in [0.29, 0.717) is 6.61 Å². The maximum absolute atomic E-state index is 10.2. The summed E-state index contributed by atoms with van der Waals surface area (Å²) in [6.45, 7) is 1.30. The van der Waals surface area contributed by atoms with Crippen molar-refractivity contribution in [2.24, 2.45) is 0 Å². The second-order valence-corrected chi connectivity index (χ2v) is 4.84. The minimum absolute atomic E-state index is 0.0388. The highest BCUT2D eigenvalue weighted by Gasteiger charge is 2.35. The molecule has 1 aromatic carbocycles. The smallest absolute Gasteiger partial charge is 0.0979 e.